The van der Waals surface area contributed by atoms with Crippen molar-refractivity contribution in [2.75, 3.05) is 5.32 Å². The molecule has 0 unspecified atom stereocenters. The molecule has 0 bridgehead atoms. The molecule has 40 heavy (non-hydrogen) atoms. The Labute approximate surface area is 222 Å². The smallest absolute Gasteiger partial charge is 0.380 e. The van der Waals surface area contributed by atoms with Crippen LogP contribution in [0.15, 0.2) is 52.6 Å². The molecule has 2 atom stereocenters. The third-order valence-electron chi connectivity index (χ3n) is 6.97. The molecule has 3 heterocycles. The van der Waals surface area contributed by atoms with Crippen LogP contribution in [0, 0.1) is 11.7 Å². The molecule has 0 amide bonds. The number of fused-ring (bicyclic) bond motifs is 1. The number of hydrogen-bond acceptors (Lipinski definition) is 6. The van der Waals surface area contributed by atoms with Crippen LogP contribution in [-0.4, -0.2) is 30.8 Å². The lowest BCUT2D eigenvalue weighted by Gasteiger charge is -2.31. The van der Waals surface area contributed by atoms with Crippen molar-refractivity contribution in [3.8, 4) is 11.4 Å². The van der Waals surface area contributed by atoms with Crippen LogP contribution in [0.25, 0.3) is 22.2 Å². The lowest BCUT2D eigenvalue weighted by atomic mass is 9.85. The Kier molecular flexibility index (Phi) is 7.34. The Morgan fingerprint density at radius 3 is 2.55 bits per heavy atom. The van der Waals surface area contributed by atoms with Gasteiger partial charge >= 0.3 is 6.18 Å². The Balaban J connectivity index is 1.35. The number of benzene rings is 1. The highest BCUT2D eigenvalue weighted by molar-refractivity contribution is 5.86. The van der Waals surface area contributed by atoms with Gasteiger partial charge in [-0.15, -0.1) is 0 Å². The third kappa shape index (κ3) is 5.56. The Morgan fingerprint density at radius 1 is 1.10 bits per heavy atom. The van der Waals surface area contributed by atoms with Crippen molar-refractivity contribution >= 4 is 16.5 Å². The zero-order valence-corrected chi connectivity index (χ0v) is 20.7. The monoisotopic (exact) mass is 564 g/mol. The maximum Gasteiger partial charge on any atom is 0.423 e. The van der Waals surface area contributed by atoms with Gasteiger partial charge in [0.25, 0.3) is 17.5 Å². The molecule has 1 aliphatic rings. The summed E-state index contributed by atoms with van der Waals surface area (Å²) in [6.45, 7) is 0.258. The summed E-state index contributed by atoms with van der Waals surface area (Å²) in [5.74, 6) is -0.962. The molecule has 3 aromatic heterocycles. The van der Waals surface area contributed by atoms with E-state index in [1.807, 2.05) is 0 Å². The van der Waals surface area contributed by atoms with Crippen LogP contribution in [0.2, 0.25) is 0 Å². The van der Waals surface area contributed by atoms with Gasteiger partial charge in [0.1, 0.15) is 11.4 Å². The number of aromatic amines is 1. The molecule has 210 valence electrons. The van der Waals surface area contributed by atoms with E-state index < -0.39 is 46.4 Å². The van der Waals surface area contributed by atoms with E-state index in [1.54, 1.807) is 17.4 Å². The van der Waals surface area contributed by atoms with Gasteiger partial charge in [0.05, 0.1) is 28.4 Å². The van der Waals surface area contributed by atoms with Gasteiger partial charge in [-0.3, -0.25) is 9.59 Å². The van der Waals surface area contributed by atoms with Crippen LogP contribution in [-0.2, 0) is 12.7 Å². The van der Waals surface area contributed by atoms with Gasteiger partial charge in [0.2, 0.25) is 0 Å². The van der Waals surface area contributed by atoms with Crippen molar-refractivity contribution in [1.82, 2.24) is 24.7 Å². The molecule has 1 aliphatic carbocycles. The summed E-state index contributed by atoms with van der Waals surface area (Å²) in [4.78, 5) is 32.6. The fourth-order valence-electron chi connectivity index (χ4n) is 5.09. The zero-order valence-electron chi connectivity index (χ0n) is 20.7. The molecule has 14 heteroatoms. The second-order valence-electron chi connectivity index (χ2n) is 9.69. The first-order valence-corrected chi connectivity index (χ1v) is 12.4. The van der Waals surface area contributed by atoms with E-state index in [-0.39, 0.29) is 35.3 Å². The predicted octanol–water partition coefficient (Wildman–Crippen LogP) is 5.31. The largest absolute Gasteiger partial charge is 0.423 e. The average Bonchev–Trinajstić information content (AvgIpc) is 2.90. The summed E-state index contributed by atoms with van der Waals surface area (Å²) in [5.41, 5.74) is -3.97. The van der Waals surface area contributed by atoms with E-state index in [0.29, 0.717) is 24.6 Å². The molecule has 0 radical (unpaired) electrons. The molecule has 8 nitrogen and oxygen atoms in total. The van der Waals surface area contributed by atoms with E-state index in [0.717, 1.165) is 31.1 Å². The summed E-state index contributed by atoms with van der Waals surface area (Å²) in [6, 6.07) is 3.67. The Morgan fingerprint density at radius 2 is 1.85 bits per heavy atom. The van der Waals surface area contributed by atoms with Gasteiger partial charge in [-0.05, 0) is 48.8 Å². The summed E-state index contributed by atoms with van der Waals surface area (Å²) < 4.78 is 82.2. The summed E-state index contributed by atoms with van der Waals surface area (Å²) in [7, 11) is 0. The molecular formula is C26H22F6N6O2. The highest BCUT2D eigenvalue weighted by atomic mass is 19.4. The quantitative estimate of drug-likeness (QED) is 0.308. The fourth-order valence-corrected chi connectivity index (χ4v) is 5.09. The van der Waals surface area contributed by atoms with Gasteiger partial charge in [-0.1, -0.05) is 6.42 Å². The van der Waals surface area contributed by atoms with Gasteiger partial charge in [-0.25, -0.2) is 28.2 Å². The number of pyridine rings is 1. The molecule has 0 spiro atoms. The SMILES string of the molecule is O=c1[nH]ncc(N[C@H]2CCC[C@@H](Cn3ccc4cc(-c5ncc(C(F)F)cn5)c(F)cc4c3=O)C2)c1C(F)(F)F. The minimum Gasteiger partial charge on any atom is -0.380 e. The summed E-state index contributed by atoms with van der Waals surface area (Å²) in [5, 5.41) is 8.59. The molecule has 4 aromatic rings. The number of alkyl halides is 5. The van der Waals surface area contributed by atoms with Crippen LogP contribution < -0.4 is 16.4 Å². The lowest BCUT2D eigenvalue weighted by molar-refractivity contribution is -0.138. The molecule has 0 saturated heterocycles. The van der Waals surface area contributed by atoms with Gasteiger partial charge in [-0.2, -0.15) is 18.3 Å². The maximum absolute atomic E-state index is 14.9. The molecule has 1 fully saturated rings. The van der Waals surface area contributed by atoms with E-state index in [4.69, 9.17) is 0 Å². The zero-order chi connectivity index (χ0) is 28.6. The molecule has 1 saturated carbocycles. The van der Waals surface area contributed by atoms with Crippen LogP contribution in [0.5, 0.6) is 0 Å². The van der Waals surface area contributed by atoms with Crippen LogP contribution in [0.3, 0.4) is 0 Å². The number of anilines is 1. The minimum absolute atomic E-state index is 0.0425. The molecule has 5 rings (SSSR count). The highest BCUT2D eigenvalue weighted by Crippen LogP contribution is 2.34. The van der Waals surface area contributed by atoms with E-state index in [2.05, 4.69) is 20.4 Å². The molecular weight excluding hydrogens is 542 g/mol. The summed E-state index contributed by atoms with van der Waals surface area (Å²) >= 11 is 0. The topological polar surface area (TPSA) is 106 Å². The normalized spacial score (nSPS) is 17.9. The van der Waals surface area contributed by atoms with Crippen molar-refractivity contribution in [1.29, 1.82) is 0 Å². The maximum atomic E-state index is 14.9. The van der Waals surface area contributed by atoms with Crippen molar-refractivity contribution in [2.24, 2.45) is 5.92 Å². The molecule has 2 N–H and O–H groups in total. The number of halogens is 6. The number of hydrogen-bond donors (Lipinski definition) is 2. The number of nitrogens with one attached hydrogen (secondary N) is 2. The van der Waals surface area contributed by atoms with Crippen LogP contribution >= 0.6 is 0 Å². The van der Waals surface area contributed by atoms with E-state index in [1.165, 1.54) is 10.6 Å². The van der Waals surface area contributed by atoms with Crippen LogP contribution in [0.4, 0.5) is 32.0 Å². The number of nitrogens with zero attached hydrogens (tertiary/aromatic N) is 4. The van der Waals surface area contributed by atoms with E-state index in [9.17, 15) is 35.9 Å². The summed E-state index contributed by atoms with van der Waals surface area (Å²) in [6.07, 6.45) is -0.894. The van der Waals surface area contributed by atoms with Gasteiger partial charge in [0.15, 0.2) is 5.82 Å². The standard InChI is InChI=1S/C26H22F6N6O2/c27-19-8-17-14(7-18(19)23-33-9-15(10-34-23)22(28)29)4-5-38(25(17)40)12-13-2-1-3-16(6-13)36-20-11-35-37-24(39)21(20)26(30,31)32/h4-5,7-11,13,16,22H,1-3,6,12H2,(H2,36,37,39)/t13-,16+/m1/s1. The van der Waals surface area contributed by atoms with Crippen molar-refractivity contribution in [3.05, 3.63) is 80.6 Å². The molecule has 1 aromatic carbocycles. The van der Waals surface area contributed by atoms with Crippen LogP contribution in [0.1, 0.15) is 43.2 Å². The van der Waals surface area contributed by atoms with E-state index >= 15 is 0 Å². The van der Waals surface area contributed by atoms with Crippen molar-refractivity contribution in [2.45, 2.75) is 50.9 Å². The number of rotatable bonds is 6. The van der Waals surface area contributed by atoms with Crippen molar-refractivity contribution in [3.63, 3.8) is 0 Å². The first-order valence-electron chi connectivity index (χ1n) is 12.4. The first kappa shape index (κ1) is 27.3. The fraction of sp³-hybridized carbons (Fsp3) is 0.346. The number of H-pyrrole nitrogens is 1. The second-order valence-corrected chi connectivity index (χ2v) is 9.69. The highest BCUT2D eigenvalue weighted by Gasteiger charge is 2.38. The van der Waals surface area contributed by atoms with Crippen molar-refractivity contribution < 1.29 is 26.3 Å². The molecule has 0 aliphatic heterocycles. The second kappa shape index (κ2) is 10.7. The average molecular weight is 564 g/mol. The Bertz CT molecular complexity index is 1650. The predicted molar refractivity (Wildman–Crippen MR) is 133 cm³/mol. The van der Waals surface area contributed by atoms with Gasteiger partial charge < -0.3 is 9.88 Å². The van der Waals surface area contributed by atoms with Gasteiger partial charge in [0, 0.05) is 31.2 Å². The Hall–Kier alpha value is -4.23. The first-order chi connectivity index (χ1) is 19.0. The lowest BCUT2D eigenvalue weighted by Crippen LogP contribution is -2.33. The third-order valence-corrected chi connectivity index (χ3v) is 6.97. The minimum atomic E-state index is -4.86. The number of aromatic nitrogens is 5.